The van der Waals surface area contributed by atoms with Gasteiger partial charge in [-0.2, -0.15) is 0 Å². The smallest absolute Gasteiger partial charge is 0.235 e. The van der Waals surface area contributed by atoms with Gasteiger partial charge in [-0.3, -0.25) is 4.57 Å². The van der Waals surface area contributed by atoms with Gasteiger partial charge in [0.05, 0.1) is 27.6 Å². The van der Waals surface area contributed by atoms with E-state index in [0.29, 0.717) is 5.95 Å². The first kappa shape index (κ1) is 22.7. The van der Waals surface area contributed by atoms with Crippen molar-refractivity contribution < 1.29 is 8.83 Å². The zero-order valence-electron chi connectivity index (χ0n) is 22.8. The van der Waals surface area contributed by atoms with Gasteiger partial charge >= 0.3 is 0 Å². The van der Waals surface area contributed by atoms with Crippen molar-refractivity contribution in [2.24, 2.45) is 0 Å². The summed E-state index contributed by atoms with van der Waals surface area (Å²) < 4.78 is 15.4. The lowest BCUT2D eigenvalue weighted by Gasteiger charge is -2.12. The highest BCUT2D eigenvalue weighted by molar-refractivity contribution is 6.38. The van der Waals surface area contributed by atoms with Gasteiger partial charge in [-0.1, -0.05) is 103 Å². The predicted molar refractivity (Wildman–Crippen MR) is 174 cm³/mol. The molecule has 10 rings (SSSR count). The molecule has 0 aliphatic carbocycles. The Labute approximate surface area is 244 Å². The summed E-state index contributed by atoms with van der Waals surface area (Å²) in [5.74, 6) is 0.613. The van der Waals surface area contributed by atoms with Crippen LogP contribution in [0.2, 0.25) is 0 Å². The largest absolute Gasteiger partial charge is 0.452 e. The summed E-state index contributed by atoms with van der Waals surface area (Å²) in [6, 6.07) is 43.5. The minimum atomic E-state index is 0.613. The van der Waals surface area contributed by atoms with Crippen LogP contribution < -0.4 is 0 Å². The molecule has 0 atom stereocenters. The standard InChI is InChI=1S/C38H21N3O2/c1-2-12-22(13-3-1)34-23-14-4-8-18-27(23)39-38(40-34)41-28-19-9-5-15-24(28)31-32-25-16-6-10-20-29(25)42-36(32)37-33(35(31)41)26-17-7-11-21-30(26)43-37/h1-21H. The second kappa shape index (κ2) is 8.30. The van der Waals surface area contributed by atoms with Crippen molar-refractivity contribution >= 4 is 76.6 Å². The van der Waals surface area contributed by atoms with Crippen LogP contribution in [0.1, 0.15) is 0 Å². The average Bonchev–Trinajstić information content (AvgIpc) is 3.74. The number of rotatable bonds is 2. The Morgan fingerprint density at radius 3 is 1.81 bits per heavy atom. The molecule has 0 unspecified atom stereocenters. The van der Waals surface area contributed by atoms with Crippen molar-refractivity contribution in [1.82, 2.24) is 14.5 Å². The lowest BCUT2D eigenvalue weighted by atomic mass is 10.0. The van der Waals surface area contributed by atoms with Crippen LogP contribution in [-0.4, -0.2) is 14.5 Å². The third-order valence-electron chi connectivity index (χ3n) is 8.60. The summed E-state index contributed by atoms with van der Waals surface area (Å²) in [4.78, 5) is 10.5. The SMILES string of the molecule is c1ccc(-c2nc(-n3c4ccccc4c4c5c6ccccc6oc5c5oc6ccccc6c5c43)nc3ccccc23)cc1. The number of nitrogens with zero attached hydrogens (tertiary/aromatic N) is 3. The molecule has 5 nitrogen and oxygen atoms in total. The van der Waals surface area contributed by atoms with Gasteiger partial charge in [0.2, 0.25) is 5.95 Å². The van der Waals surface area contributed by atoms with Crippen molar-refractivity contribution in [2.75, 3.05) is 0 Å². The number of furan rings is 2. The Hall–Kier alpha value is -5.94. The average molecular weight is 552 g/mol. The quantitative estimate of drug-likeness (QED) is 0.214. The summed E-state index contributed by atoms with van der Waals surface area (Å²) in [5, 5.41) is 7.34. The van der Waals surface area contributed by atoms with Crippen LogP contribution in [0.25, 0.3) is 93.8 Å². The molecular formula is C38H21N3O2. The van der Waals surface area contributed by atoms with Gasteiger partial charge in [0.15, 0.2) is 11.2 Å². The fourth-order valence-electron chi connectivity index (χ4n) is 6.81. The van der Waals surface area contributed by atoms with Crippen LogP contribution in [0.3, 0.4) is 0 Å². The topological polar surface area (TPSA) is 57.0 Å². The third-order valence-corrected chi connectivity index (χ3v) is 8.60. The fraction of sp³-hybridized carbons (Fsp3) is 0. The summed E-state index contributed by atoms with van der Waals surface area (Å²) in [6.07, 6.45) is 0. The lowest BCUT2D eigenvalue weighted by Crippen LogP contribution is -2.03. The number of aromatic nitrogens is 3. The van der Waals surface area contributed by atoms with Crippen LogP contribution >= 0.6 is 0 Å². The monoisotopic (exact) mass is 551 g/mol. The molecule has 0 saturated heterocycles. The second-order valence-electron chi connectivity index (χ2n) is 10.9. The lowest BCUT2D eigenvalue weighted by molar-refractivity contribution is 0.633. The molecule has 4 aromatic heterocycles. The molecule has 0 fully saturated rings. The molecule has 0 N–H and O–H groups in total. The highest BCUT2D eigenvalue weighted by atomic mass is 16.4. The van der Waals surface area contributed by atoms with E-state index >= 15 is 0 Å². The zero-order chi connectivity index (χ0) is 28.1. The van der Waals surface area contributed by atoms with E-state index < -0.39 is 0 Å². The van der Waals surface area contributed by atoms with E-state index in [1.54, 1.807) is 0 Å². The first-order chi connectivity index (χ1) is 21.3. The van der Waals surface area contributed by atoms with Crippen molar-refractivity contribution in [3.63, 3.8) is 0 Å². The number of fused-ring (bicyclic) bond motifs is 13. The van der Waals surface area contributed by atoms with Crippen molar-refractivity contribution in [3.8, 4) is 17.2 Å². The number of para-hydroxylation sites is 4. The molecule has 10 aromatic rings. The van der Waals surface area contributed by atoms with E-state index in [9.17, 15) is 0 Å². The van der Waals surface area contributed by atoms with E-state index in [1.807, 2.05) is 54.6 Å². The van der Waals surface area contributed by atoms with Crippen molar-refractivity contribution in [2.45, 2.75) is 0 Å². The van der Waals surface area contributed by atoms with Crippen molar-refractivity contribution in [1.29, 1.82) is 0 Å². The minimum Gasteiger partial charge on any atom is -0.452 e. The van der Waals surface area contributed by atoms with E-state index in [1.165, 1.54) is 0 Å². The van der Waals surface area contributed by atoms with E-state index in [2.05, 4.69) is 77.4 Å². The first-order valence-corrected chi connectivity index (χ1v) is 14.4. The van der Waals surface area contributed by atoms with Gasteiger partial charge in [0.1, 0.15) is 11.2 Å². The molecule has 0 saturated carbocycles. The van der Waals surface area contributed by atoms with E-state index in [0.717, 1.165) is 87.8 Å². The molecule has 0 radical (unpaired) electrons. The molecule has 4 heterocycles. The van der Waals surface area contributed by atoms with Gasteiger partial charge in [-0.15, -0.1) is 0 Å². The molecule has 0 bridgehead atoms. The third kappa shape index (κ3) is 3.00. The molecular weight excluding hydrogens is 530 g/mol. The molecule has 0 amide bonds. The Balaban J connectivity index is 1.49. The highest BCUT2D eigenvalue weighted by Gasteiger charge is 2.27. The van der Waals surface area contributed by atoms with Crippen LogP contribution in [0.4, 0.5) is 0 Å². The van der Waals surface area contributed by atoms with Crippen molar-refractivity contribution in [3.05, 3.63) is 127 Å². The van der Waals surface area contributed by atoms with Crippen LogP contribution in [0, 0.1) is 0 Å². The van der Waals surface area contributed by atoms with Crippen LogP contribution in [0.5, 0.6) is 0 Å². The highest BCUT2D eigenvalue weighted by Crippen LogP contribution is 2.48. The molecule has 0 aliphatic rings. The summed E-state index contributed by atoms with van der Waals surface area (Å²) >= 11 is 0. The number of benzene rings is 6. The maximum Gasteiger partial charge on any atom is 0.235 e. The Kier molecular flexibility index (Phi) is 4.39. The fourth-order valence-corrected chi connectivity index (χ4v) is 6.81. The van der Waals surface area contributed by atoms with Crippen LogP contribution in [-0.2, 0) is 0 Å². The first-order valence-electron chi connectivity index (χ1n) is 14.4. The van der Waals surface area contributed by atoms with Gasteiger partial charge in [-0.05, 0) is 24.3 Å². The number of hydrogen-bond donors (Lipinski definition) is 0. The van der Waals surface area contributed by atoms with Crippen LogP contribution in [0.15, 0.2) is 136 Å². The normalized spacial score (nSPS) is 12.2. The molecule has 5 heteroatoms. The molecule has 0 aliphatic heterocycles. The zero-order valence-corrected chi connectivity index (χ0v) is 22.8. The van der Waals surface area contributed by atoms with E-state index in [4.69, 9.17) is 18.8 Å². The molecule has 200 valence electrons. The van der Waals surface area contributed by atoms with Gasteiger partial charge in [-0.25, -0.2) is 9.97 Å². The molecule has 6 aromatic carbocycles. The van der Waals surface area contributed by atoms with Gasteiger partial charge in [0, 0.05) is 37.9 Å². The second-order valence-corrected chi connectivity index (χ2v) is 10.9. The molecule has 0 spiro atoms. The predicted octanol–water partition coefficient (Wildman–Crippen LogP) is 10.2. The Morgan fingerprint density at radius 1 is 0.465 bits per heavy atom. The summed E-state index contributed by atoms with van der Waals surface area (Å²) in [6.45, 7) is 0. The Bertz CT molecular complexity index is 2730. The van der Waals surface area contributed by atoms with E-state index in [-0.39, 0.29) is 0 Å². The summed E-state index contributed by atoms with van der Waals surface area (Å²) in [7, 11) is 0. The van der Waals surface area contributed by atoms with Gasteiger partial charge < -0.3 is 8.83 Å². The minimum absolute atomic E-state index is 0.613. The Morgan fingerprint density at radius 2 is 1.05 bits per heavy atom. The molecule has 43 heavy (non-hydrogen) atoms. The summed E-state index contributed by atoms with van der Waals surface area (Å²) in [5.41, 5.74) is 8.00. The maximum absolute atomic E-state index is 6.61. The number of hydrogen-bond acceptors (Lipinski definition) is 4. The van der Waals surface area contributed by atoms with Gasteiger partial charge in [0.25, 0.3) is 0 Å². The maximum atomic E-state index is 6.61.